The molecule has 158 valence electrons. The Morgan fingerprint density at radius 2 is 1.37 bits per heavy atom. The first-order valence-electron chi connectivity index (χ1n) is 11.5. The standard InChI is InChI=1S/C23H42O4/c1-4-7-9-14-19(13-6-3)18-27-23(25)21-16-11-10-15-20(21)22(24)26-17-12-8-5-2/h19-21H,4-18H2,1-3H3. The molecule has 0 heterocycles. The van der Waals surface area contributed by atoms with Gasteiger partial charge in [0.05, 0.1) is 25.0 Å². The summed E-state index contributed by atoms with van der Waals surface area (Å²) in [6.45, 7) is 7.49. The Kier molecular flexibility index (Phi) is 13.3. The van der Waals surface area contributed by atoms with E-state index in [2.05, 4.69) is 20.8 Å². The summed E-state index contributed by atoms with van der Waals surface area (Å²) < 4.78 is 11.2. The Labute approximate surface area is 166 Å². The van der Waals surface area contributed by atoms with Gasteiger partial charge in [0.1, 0.15) is 0 Å². The third kappa shape index (κ3) is 9.62. The van der Waals surface area contributed by atoms with Crippen molar-refractivity contribution in [2.24, 2.45) is 17.8 Å². The second kappa shape index (κ2) is 14.9. The van der Waals surface area contributed by atoms with Crippen LogP contribution in [0.3, 0.4) is 0 Å². The fourth-order valence-corrected chi connectivity index (χ4v) is 4.04. The van der Waals surface area contributed by atoms with Gasteiger partial charge < -0.3 is 9.47 Å². The van der Waals surface area contributed by atoms with E-state index in [1.807, 2.05) is 0 Å². The number of rotatable bonds is 14. The van der Waals surface area contributed by atoms with Gasteiger partial charge in [-0.15, -0.1) is 0 Å². The molecule has 1 rings (SSSR count). The zero-order valence-corrected chi connectivity index (χ0v) is 18.0. The predicted molar refractivity (Wildman–Crippen MR) is 109 cm³/mol. The van der Waals surface area contributed by atoms with Crippen LogP contribution in [-0.2, 0) is 19.1 Å². The van der Waals surface area contributed by atoms with Crippen LogP contribution in [0.1, 0.15) is 104 Å². The summed E-state index contributed by atoms with van der Waals surface area (Å²) in [5.74, 6) is -0.538. The smallest absolute Gasteiger partial charge is 0.309 e. The lowest BCUT2D eigenvalue weighted by Gasteiger charge is -2.29. The summed E-state index contributed by atoms with van der Waals surface area (Å²) in [4.78, 5) is 25.2. The van der Waals surface area contributed by atoms with E-state index in [0.29, 0.717) is 19.1 Å². The second-order valence-corrected chi connectivity index (χ2v) is 8.15. The maximum Gasteiger partial charge on any atom is 0.309 e. The molecule has 1 aliphatic rings. The molecule has 0 radical (unpaired) electrons. The number of carbonyl (C=O) groups excluding carboxylic acids is 2. The Morgan fingerprint density at radius 3 is 1.96 bits per heavy atom. The average Bonchev–Trinajstić information content (AvgIpc) is 2.69. The van der Waals surface area contributed by atoms with Crippen molar-refractivity contribution in [3.8, 4) is 0 Å². The number of ether oxygens (including phenoxy) is 2. The summed E-state index contributed by atoms with van der Waals surface area (Å²) in [6.07, 6.45) is 13.6. The minimum atomic E-state index is -0.310. The minimum absolute atomic E-state index is 0.179. The molecule has 0 amide bonds. The molecule has 0 aromatic carbocycles. The molecule has 0 saturated heterocycles. The number of hydrogen-bond donors (Lipinski definition) is 0. The lowest BCUT2D eigenvalue weighted by molar-refractivity contribution is -0.163. The van der Waals surface area contributed by atoms with Gasteiger partial charge in [0.25, 0.3) is 0 Å². The largest absolute Gasteiger partial charge is 0.465 e. The molecule has 3 atom stereocenters. The molecule has 1 saturated carbocycles. The first-order valence-corrected chi connectivity index (χ1v) is 11.5. The van der Waals surface area contributed by atoms with Crippen LogP contribution < -0.4 is 0 Å². The number of hydrogen-bond acceptors (Lipinski definition) is 4. The quantitative estimate of drug-likeness (QED) is 0.270. The number of esters is 2. The van der Waals surface area contributed by atoms with Gasteiger partial charge in [-0.2, -0.15) is 0 Å². The Morgan fingerprint density at radius 1 is 0.778 bits per heavy atom. The van der Waals surface area contributed by atoms with Crippen LogP contribution in [0.4, 0.5) is 0 Å². The molecular weight excluding hydrogens is 340 g/mol. The zero-order valence-electron chi connectivity index (χ0n) is 18.0. The van der Waals surface area contributed by atoms with Gasteiger partial charge in [-0.1, -0.05) is 72.1 Å². The SMILES string of the molecule is CCCCCOC(=O)C1CCCCC1C(=O)OCC(CCC)CCCCC. The molecule has 0 aromatic heterocycles. The Bertz CT molecular complexity index is 407. The number of carbonyl (C=O) groups is 2. The number of unbranched alkanes of at least 4 members (excludes halogenated alkanes) is 4. The van der Waals surface area contributed by atoms with Crippen molar-refractivity contribution in [3.63, 3.8) is 0 Å². The van der Waals surface area contributed by atoms with E-state index in [1.54, 1.807) is 0 Å². The lowest BCUT2D eigenvalue weighted by atomic mass is 9.79. The molecule has 0 N–H and O–H groups in total. The van der Waals surface area contributed by atoms with E-state index in [0.717, 1.165) is 64.2 Å². The van der Waals surface area contributed by atoms with E-state index in [4.69, 9.17) is 9.47 Å². The van der Waals surface area contributed by atoms with Crippen LogP contribution in [-0.4, -0.2) is 25.2 Å². The molecule has 4 heteroatoms. The molecule has 3 unspecified atom stereocenters. The fraction of sp³-hybridized carbons (Fsp3) is 0.913. The topological polar surface area (TPSA) is 52.6 Å². The summed E-state index contributed by atoms with van der Waals surface area (Å²) >= 11 is 0. The van der Waals surface area contributed by atoms with Crippen molar-refractivity contribution in [2.45, 2.75) is 104 Å². The van der Waals surface area contributed by atoms with Crippen LogP contribution >= 0.6 is 0 Å². The molecule has 0 aliphatic heterocycles. The van der Waals surface area contributed by atoms with Gasteiger partial charge in [-0.25, -0.2) is 0 Å². The normalized spacial score (nSPS) is 20.9. The molecule has 1 fully saturated rings. The van der Waals surface area contributed by atoms with Crippen molar-refractivity contribution < 1.29 is 19.1 Å². The molecule has 1 aliphatic carbocycles. The third-order valence-electron chi connectivity index (χ3n) is 5.74. The fourth-order valence-electron chi connectivity index (χ4n) is 4.04. The molecule has 4 nitrogen and oxygen atoms in total. The zero-order chi connectivity index (χ0) is 19.9. The Hall–Kier alpha value is -1.06. The van der Waals surface area contributed by atoms with Crippen LogP contribution in [0, 0.1) is 17.8 Å². The maximum atomic E-state index is 12.7. The van der Waals surface area contributed by atoms with E-state index >= 15 is 0 Å². The van der Waals surface area contributed by atoms with Crippen molar-refractivity contribution in [3.05, 3.63) is 0 Å². The highest BCUT2D eigenvalue weighted by Crippen LogP contribution is 2.32. The van der Waals surface area contributed by atoms with Gasteiger partial charge in [0.15, 0.2) is 0 Å². The lowest BCUT2D eigenvalue weighted by Crippen LogP contribution is -2.35. The van der Waals surface area contributed by atoms with Crippen LogP contribution in [0.2, 0.25) is 0 Å². The molecule has 0 aromatic rings. The Balaban J connectivity index is 2.49. The molecule has 27 heavy (non-hydrogen) atoms. The molecule has 0 spiro atoms. The van der Waals surface area contributed by atoms with Gasteiger partial charge in [-0.05, 0) is 38.0 Å². The predicted octanol–water partition coefficient (Wildman–Crippen LogP) is 6.07. The van der Waals surface area contributed by atoms with E-state index in [1.165, 1.54) is 19.3 Å². The van der Waals surface area contributed by atoms with Crippen molar-refractivity contribution in [2.75, 3.05) is 13.2 Å². The van der Waals surface area contributed by atoms with Crippen LogP contribution in [0.25, 0.3) is 0 Å². The summed E-state index contributed by atoms with van der Waals surface area (Å²) in [7, 11) is 0. The van der Waals surface area contributed by atoms with Crippen molar-refractivity contribution in [1.82, 2.24) is 0 Å². The summed E-state index contributed by atoms with van der Waals surface area (Å²) in [6, 6.07) is 0. The van der Waals surface area contributed by atoms with Gasteiger partial charge in [-0.3, -0.25) is 9.59 Å². The van der Waals surface area contributed by atoms with Crippen molar-refractivity contribution >= 4 is 11.9 Å². The summed E-state index contributed by atoms with van der Waals surface area (Å²) in [5, 5.41) is 0. The van der Waals surface area contributed by atoms with Gasteiger partial charge in [0.2, 0.25) is 0 Å². The van der Waals surface area contributed by atoms with Crippen LogP contribution in [0.15, 0.2) is 0 Å². The van der Waals surface area contributed by atoms with E-state index < -0.39 is 0 Å². The van der Waals surface area contributed by atoms with Gasteiger partial charge in [0, 0.05) is 0 Å². The molecule has 0 bridgehead atoms. The monoisotopic (exact) mass is 382 g/mol. The highest BCUT2D eigenvalue weighted by atomic mass is 16.5. The first kappa shape index (κ1) is 24.0. The highest BCUT2D eigenvalue weighted by Gasteiger charge is 2.38. The minimum Gasteiger partial charge on any atom is -0.465 e. The second-order valence-electron chi connectivity index (χ2n) is 8.15. The summed E-state index contributed by atoms with van der Waals surface area (Å²) in [5.41, 5.74) is 0. The highest BCUT2D eigenvalue weighted by molar-refractivity contribution is 5.82. The first-order chi connectivity index (χ1) is 13.1. The van der Waals surface area contributed by atoms with Crippen molar-refractivity contribution in [1.29, 1.82) is 0 Å². The van der Waals surface area contributed by atoms with Crippen LogP contribution in [0.5, 0.6) is 0 Å². The maximum absolute atomic E-state index is 12.7. The average molecular weight is 383 g/mol. The molecular formula is C23H42O4. The van der Waals surface area contributed by atoms with Gasteiger partial charge >= 0.3 is 11.9 Å². The third-order valence-corrected chi connectivity index (χ3v) is 5.74. The van der Waals surface area contributed by atoms with E-state index in [9.17, 15) is 9.59 Å². The van der Waals surface area contributed by atoms with E-state index in [-0.39, 0.29) is 23.8 Å².